The van der Waals surface area contributed by atoms with Gasteiger partial charge in [0.15, 0.2) is 17.2 Å². The molecular weight excluding hydrogens is 471 g/mol. The van der Waals surface area contributed by atoms with Crippen molar-refractivity contribution in [1.82, 2.24) is 19.9 Å². The summed E-state index contributed by atoms with van der Waals surface area (Å²) in [4.78, 5) is 31.5. The van der Waals surface area contributed by atoms with Gasteiger partial charge < -0.3 is 24.8 Å². The van der Waals surface area contributed by atoms with Gasteiger partial charge in [-0.2, -0.15) is 0 Å². The highest BCUT2D eigenvalue weighted by Crippen LogP contribution is 2.33. The van der Waals surface area contributed by atoms with Gasteiger partial charge >= 0.3 is 6.09 Å². The molecule has 2 amide bonds. The summed E-state index contributed by atoms with van der Waals surface area (Å²) in [7, 11) is 2.96. The van der Waals surface area contributed by atoms with Crippen molar-refractivity contribution in [3.05, 3.63) is 41.5 Å². The number of rotatable bonds is 2. The molecule has 0 saturated carbocycles. The summed E-state index contributed by atoms with van der Waals surface area (Å²) in [5, 5.41) is 10.5. The topological polar surface area (TPSA) is 119 Å². The van der Waals surface area contributed by atoms with Crippen molar-refractivity contribution in [2.24, 2.45) is 0 Å². The zero-order valence-electron chi connectivity index (χ0n) is 21.0. The Hall–Kier alpha value is -3.93. The van der Waals surface area contributed by atoms with E-state index in [2.05, 4.69) is 20.7 Å². The van der Waals surface area contributed by atoms with Crippen molar-refractivity contribution in [3.8, 4) is 5.75 Å². The standard InChI is InChI=1S/C24H29FN6O5/c1-13-11-35-12-14-7-16(19(34-6)8-15(14)25)28-20-9-17(30(5)23(33)36-24(2,3)4)21-26-10-18(22(32)27-13)31(21)29-20/h7-10,13H,11-12H2,1-6H3,(H,27,32)(H,28,29). The van der Waals surface area contributed by atoms with Gasteiger partial charge in [0.2, 0.25) is 0 Å². The van der Waals surface area contributed by atoms with Gasteiger partial charge in [0, 0.05) is 30.8 Å². The predicted octanol–water partition coefficient (Wildman–Crippen LogP) is 3.64. The third kappa shape index (κ3) is 5.18. The Kier molecular flexibility index (Phi) is 6.72. The second-order valence-corrected chi connectivity index (χ2v) is 9.49. The number of amides is 2. The number of methoxy groups -OCH3 is 1. The number of nitrogens with zero attached hydrogens (tertiary/aromatic N) is 4. The molecular formula is C24H29FN6O5. The summed E-state index contributed by atoms with van der Waals surface area (Å²) >= 11 is 0. The highest BCUT2D eigenvalue weighted by Gasteiger charge is 2.26. The lowest BCUT2D eigenvalue weighted by Gasteiger charge is -2.25. The molecule has 0 saturated heterocycles. The molecule has 1 atom stereocenters. The van der Waals surface area contributed by atoms with E-state index in [9.17, 15) is 14.0 Å². The highest BCUT2D eigenvalue weighted by molar-refractivity contribution is 5.96. The van der Waals surface area contributed by atoms with Crippen LogP contribution in [-0.4, -0.2) is 59.0 Å². The smallest absolute Gasteiger partial charge is 0.414 e. The molecule has 3 aromatic rings. The van der Waals surface area contributed by atoms with E-state index in [0.29, 0.717) is 16.9 Å². The van der Waals surface area contributed by atoms with Crippen LogP contribution in [0, 0.1) is 5.82 Å². The molecule has 0 fully saturated rings. The van der Waals surface area contributed by atoms with Gasteiger partial charge in [0.05, 0.1) is 37.9 Å². The fourth-order valence-electron chi connectivity index (χ4n) is 3.64. The maximum atomic E-state index is 14.7. The molecule has 1 aliphatic rings. The average molecular weight is 501 g/mol. The highest BCUT2D eigenvalue weighted by atomic mass is 19.1. The Balaban J connectivity index is 1.89. The van der Waals surface area contributed by atoms with Crippen LogP contribution in [-0.2, 0) is 16.1 Å². The summed E-state index contributed by atoms with van der Waals surface area (Å²) in [5.74, 6) is -0.439. The fourth-order valence-corrected chi connectivity index (χ4v) is 3.64. The lowest BCUT2D eigenvalue weighted by Crippen LogP contribution is -2.37. The molecule has 0 radical (unpaired) electrons. The number of carbonyl (C=O) groups is 2. The number of nitrogens with one attached hydrogen (secondary N) is 2. The van der Waals surface area contributed by atoms with Crippen LogP contribution in [0.25, 0.3) is 5.65 Å². The van der Waals surface area contributed by atoms with Gasteiger partial charge in [-0.25, -0.2) is 18.7 Å². The number of benzene rings is 1. The molecule has 2 N–H and O–H groups in total. The fraction of sp³-hybridized carbons (Fsp3) is 0.417. The van der Waals surface area contributed by atoms with Crippen LogP contribution >= 0.6 is 0 Å². The molecule has 3 heterocycles. The van der Waals surface area contributed by atoms with Crippen molar-refractivity contribution in [2.75, 3.05) is 31.0 Å². The van der Waals surface area contributed by atoms with Crippen molar-refractivity contribution in [1.29, 1.82) is 0 Å². The van der Waals surface area contributed by atoms with Crippen molar-refractivity contribution < 1.29 is 28.2 Å². The van der Waals surface area contributed by atoms with E-state index in [0.717, 1.165) is 0 Å². The van der Waals surface area contributed by atoms with Gasteiger partial charge in [-0.05, 0) is 33.8 Å². The number of hydrogen-bond donors (Lipinski definition) is 2. The number of halogens is 1. The first-order chi connectivity index (χ1) is 17.0. The molecule has 1 aromatic carbocycles. The first-order valence-corrected chi connectivity index (χ1v) is 11.3. The quantitative estimate of drug-likeness (QED) is 0.547. The van der Waals surface area contributed by atoms with Gasteiger partial charge in [0.25, 0.3) is 5.91 Å². The number of anilines is 3. The number of aromatic nitrogens is 3. The van der Waals surface area contributed by atoms with E-state index in [1.165, 1.54) is 35.8 Å². The van der Waals surface area contributed by atoms with Crippen molar-refractivity contribution >= 4 is 34.8 Å². The maximum Gasteiger partial charge on any atom is 0.414 e. The number of imidazole rings is 1. The molecule has 11 nitrogen and oxygen atoms in total. The number of carbonyl (C=O) groups excluding carboxylic acids is 2. The number of fused-ring (bicyclic) bond motifs is 3. The Morgan fingerprint density at radius 2 is 2.06 bits per heavy atom. The zero-order valence-corrected chi connectivity index (χ0v) is 21.0. The van der Waals surface area contributed by atoms with Crippen LogP contribution in [0.3, 0.4) is 0 Å². The molecule has 2 aromatic heterocycles. The van der Waals surface area contributed by atoms with Crippen LogP contribution in [0.5, 0.6) is 5.75 Å². The molecule has 192 valence electrons. The number of ether oxygens (including phenoxy) is 3. The maximum absolute atomic E-state index is 14.7. The van der Waals surface area contributed by atoms with E-state index in [1.54, 1.807) is 39.8 Å². The van der Waals surface area contributed by atoms with Gasteiger partial charge in [-0.1, -0.05) is 0 Å². The largest absolute Gasteiger partial charge is 0.494 e. The van der Waals surface area contributed by atoms with Gasteiger partial charge in [0.1, 0.15) is 17.2 Å². The molecule has 4 bridgehead atoms. The summed E-state index contributed by atoms with van der Waals surface area (Å²) in [6.07, 6.45) is 0.765. The first kappa shape index (κ1) is 25.2. The molecule has 0 spiro atoms. The van der Waals surface area contributed by atoms with E-state index >= 15 is 0 Å². The zero-order chi connectivity index (χ0) is 26.2. The second kappa shape index (κ2) is 9.61. The molecule has 1 aliphatic heterocycles. The van der Waals surface area contributed by atoms with E-state index in [-0.39, 0.29) is 42.2 Å². The third-order valence-electron chi connectivity index (χ3n) is 5.34. The molecule has 1 unspecified atom stereocenters. The van der Waals surface area contributed by atoms with Gasteiger partial charge in [-0.3, -0.25) is 9.69 Å². The Morgan fingerprint density at radius 3 is 2.75 bits per heavy atom. The Labute approximate surface area is 207 Å². The van der Waals surface area contributed by atoms with Crippen molar-refractivity contribution in [3.63, 3.8) is 0 Å². The lowest BCUT2D eigenvalue weighted by molar-refractivity contribution is 0.0589. The second-order valence-electron chi connectivity index (χ2n) is 9.49. The van der Waals surface area contributed by atoms with Crippen molar-refractivity contribution in [2.45, 2.75) is 45.9 Å². The van der Waals surface area contributed by atoms with E-state index in [1.807, 2.05) is 0 Å². The lowest BCUT2D eigenvalue weighted by atomic mass is 10.1. The van der Waals surface area contributed by atoms with Crippen LogP contribution in [0.15, 0.2) is 24.4 Å². The monoisotopic (exact) mass is 500 g/mol. The minimum absolute atomic E-state index is 0.0122. The van der Waals surface area contributed by atoms with Crippen LogP contribution in [0.1, 0.15) is 43.7 Å². The molecule has 36 heavy (non-hydrogen) atoms. The van der Waals surface area contributed by atoms with Crippen LogP contribution in [0.4, 0.5) is 26.4 Å². The predicted molar refractivity (Wildman–Crippen MR) is 130 cm³/mol. The Morgan fingerprint density at radius 1 is 1.31 bits per heavy atom. The summed E-state index contributed by atoms with van der Waals surface area (Å²) in [5.41, 5.74) is 0.756. The first-order valence-electron chi connectivity index (χ1n) is 11.3. The van der Waals surface area contributed by atoms with Crippen LogP contribution < -0.4 is 20.3 Å². The molecule has 4 rings (SSSR count). The van der Waals surface area contributed by atoms with E-state index in [4.69, 9.17) is 14.2 Å². The van der Waals surface area contributed by atoms with Crippen LogP contribution in [0.2, 0.25) is 0 Å². The van der Waals surface area contributed by atoms with Gasteiger partial charge in [-0.15, -0.1) is 5.10 Å². The summed E-state index contributed by atoms with van der Waals surface area (Å²) < 4.78 is 32.5. The number of hydrogen-bond acceptors (Lipinski definition) is 8. The van der Waals surface area contributed by atoms with E-state index < -0.39 is 23.4 Å². The Bertz CT molecular complexity index is 1320. The molecule has 0 aliphatic carbocycles. The minimum Gasteiger partial charge on any atom is -0.494 e. The third-order valence-corrected chi connectivity index (χ3v) is 5.34. The normalized spacial score (nSPS) is 16.2. The summed E-state index contributed by atoms with van der Waals surface area (Å²) in [6.45, 7) is 7.20. The minimum atomic E-state index is -0.722. The molecule has 12 heteroatoms. The SMILES string of the molecule is COc1cc(F)c2cc1Nc1cc(N(C)C(=O)OC(C)(C)C)c3ncc(n3n1)C(=O)NC(C)COC2. The average Bonchev–Trinajstić information content (AvgIpc) is 3.22. The summed E-state index contributed by atoms with van der Waals surface area (Å²) in [6, 6.07) is 4.03.